The number of piperidine rings is 1. The van der Waals surface area contributed by atoms with E-state index in [4.69, 9.17) is 5.11 Å². The molecule has 7 nitrogen and oxygen atoms in total. The number of carboxylic acid groups (broad SMARTS) is 1. The summed E-state index contributed by atoms with van der Waals surface area (Å²) < 4.78 is 27.5. The highest BCUT2D eigenvalue weighted by Gasteiger charge is 2.33. The van der Waals surface area contributed by atoms with E-state index in [1.54, 1.807) is 16.4 Å². The minimum atomic E-state index is -3.59. The molecule has 2 aliphatic rings. The number of hydrogen-bond donors (Lipinski definition) is 1. The number of sulfonamides is 1. The highest BCUT2D eigenvalue weighted by Crippen LogP contribution is 2.32. The van der Waals surface area contributed by atoms with Crippen LogP contribution >= 0.6 is 0 Å². The number of benzene rings is 1. The summed E-state index contributed by atoms with van der Waals surface area (Å²) in [7, 11) is -3.59. The van der Waals surface area contributed by atoms with Crippen molar-refractivity contribution in [2.75, 3.05) is 18.0 Å². The molecule has 0 aromatic heterocycles. The molecule has 0 spiro atoms. The van der Waals surface area contributed by atoms with Crippen LogP contribution in [0.5, 0.6) is 0 Å². The quantitative estimate of drug-likeness (QED) is 0.874. The Hall–Kier alpha value is -1.93. The van der Waals surface area contributed by atoms with Gasteiger partial charge in [0.1, 0.15) is 6.54 Å². The largest absolute Gasteiger partial charge is 0.480 e. The maximum Gasteiger partial charge on any atom is 0.323 e. The molecule has 1 N–H and O–H groups in total. The van der Waals surface area contributed by atoms with Gasteiger partial charge in [-0.15, -0.1) is 0 Å². The molecule has 0 aliphatic carbocycles. The molecule has 0 bridgehead atoms. The normalized spacial score (nSPS) is 21.9. The monoisotopic (exact) mass is 366 g/mol. The van der Waals surface area contributed by atoms with Crippen LogP contribution in [0.15, 0.2) is 23.1 Å². The standard InChI is InChI=1S/C17H22N2O5S/c1-12-4-2-3-9-19(12)25(23,24)14-6-7-15-13(10-14)5-8-16(20)18(15)11-17(21)22/h6-7,10,12H,2-5,8-9,11H2,1H3,(H,21,22)/t12-/m1/s1. The van der Waals surface area contributed by atoms with E-state index in [1.807, 2.05) is 6.92 Å². The number of nitrogens with zero attached hydrogens (tertiary/aromatic N) is 2. The minimum absolute atomic E-state index is 0.0279. The third kappa shape index (κ3) is 3.41. The molecule has 1 saturated heterocycles. The molecule has 1 fully saturated rings. The highest BCUT2D eigenvalue weighted by atomic mass is 32.2. The molecule has 0 radical (unpaired) electrons. The number of carbonyl (C=O) groups is 2. The second kappa shape index (κ2) is 6.76. The first kappa shape index (κ1) is 17.9. The van der Waals surface area contributed by atoms with E-state index in [9.17, 15) is 18.0 Å². The topological polar surface area (TPSA) is 95.0 Å². The van der Waals surface area contributed by atoms with Gasteiger partial charge in [-0.3, -0.25) is 9.59 Å². The minimum Gasteiger partial charge on any atom is -0.480 e. The van der Waals surface area contributed by atoms with Crippen LogP contribution in [0, 0.1) is 0 Å². The number of aliphatic carboxylic acids is 1. The van der Waals surface area contributed by atoms with E-state index >= 15 is 0 Å². The molecule has 2 heterocycles. The first-order valence-corrected chi connectivity index (χ1v) is 9.91. The first-order chi connectivity index (χ1) is 11.8. The Morgan fingerprint density at radius 2 is 2.04 bits per heavy atom. The molecular weight excluding hydrogens is 344 g/mol. The van der Waals surface area contributed by atoms with Crippen molar-refractivity contribution in [1.82, 2.24) is 4.31 Å². The summed E-state index contributed by atoms with van der Waals surface area (Å²) in [6.45, 7) is 2.02. The van der Waals surface area contributed by atoms with Gasteiger partial charge in [-0.1, -0.05) is 6.42 Å². The Labute approximate surface area is 147 Å². The molecule has 0 unspecified atom stereocenters. The molecule has 1 atom stereocenters. The van der Waals surface area contributed by atoms with Crippen molar-refractivity contribution < 1.29 is 23.1 Å². The number of amides is 1. The Morgan fingerprint density at radius 1 is 1.28 bits per heavy atom. The van der Waals surface area contributed by atoms with Crippen molar-refractivity contribution in [3.63, 3.8) is 0 Å². The van der Waals surface area contributed by atoms with Crippen LogP contribution < -0.4 is 4.90 Å². The summed E-state index contributed by atoms with van der Waals surface area (Å²) in [5.74, 6) is -1.35. The fourth-order valence-corrected chi connectivity index (χ4v) is 5.32. The van der Waals surface area contributed by atoms with Gasteiger partial charge >= 0.3 is 5.97 Å². The molecule has 1 aromatic carbocycles. The molecule has 2 aliphatic heterocycles. The second-order valence-electron chi connectivity index (χ2n) is 6.62. The van der Waals surface area contributed by atoms with E-state index in [0.29, 0.717) is 24.2 Å². The average molecular weight is 366 g/mol. The summed E-state index contributed by atoms with van der Waals surface area (Å²) in [4.78, 5) is 24.4. The van der Waals surface area contributed by atoms with Crippen LogP contribution in [-0.4, -0.2) is 48.8 Å². The lowest BCUT2D eigenvalue weighted by Gasteiger charge is -2.33. The van der Waals surface area contributed by atoms with Crippen molar-refractivity contribution in [3.05, 3.63) is 23.8 Å². The first-order valence-electron chi connectivity index (χ1n) is 8.47. The van der Waals surface area contributed by atoms with Gasteiger partial charge in [0.05, 0.1) is 4.90 Å². The van der Waals surface area contributed by atoms with E-state index in [0.717, 1.165) is 19.3 Å². The average Bonchev–Trinajstić information content (AvgIpc) is 2.57. The van der Waals surface area contributed by atoms with Crippen molar-refractivity contribution >= 4 is 27.6 Å². The zero-order valence-electron chi connectivity index (χ0n) is 14.1. The summed E-state index contributed by atoms with van der Waals surface area (Å²) in [5, 5.41) is 9.00. The van der Waals surface area contributed by atoms with Crippen LogP contribution in [-0.2, 0) is 26.0 Å². The summed E-state index contributed by atoms with van der Waals surface area (Å²) in [6.07, 6.45) is 3.34. The number of anilines is 1. The Balaban J connectivity index is 1.95. The molecule has 0 saturated carbocycles. The van der Waals surface area contributed by atoms with Crippen LogP contribution in [0.4, 0.5) is 5.69 Å². The number of aryl methyl sites for hydroxylation is 1. The SMILES string of the molecule is C[C@@H]1CCCCN1S(=O)(=O)c1ccc2c(c1)CCC(=O)N2CC(=O)O. The smallest absolute Gasteiger partial charge is 0.323 e. The molecule has 1 aromatic rings. The van der Waals surface area contributed by atoms with Gasteiger partial charge in [-0.25, -0.2) is 8.42 Å². The number of carbonyl (C=O) groups excluding carboxylic acids is 1. The Morgan fingerprint density at radius 3 is 2.72 bits per heavy atom. The van der Waals surface area contributed by atoms with Gasteiger partial charge in [-0.05, 0) is 49.9 Å². The maximum atomic E-state index is 13.0. The fraction of sp³-hybridized carbons (Fsp3) is 0.529. The number of carboxylic acids is 1. The van der Waals surface area contributed by atoms with Gasteiger partial charge in [0.25, 0.3) is 0 Å². The van der Waals surface area contributed by atoms with Gasteiger partial charge in [0, 0.05) is 24.7 Å². The fourth-order valence-electron chi connectivity index (χ4n) is 3.57. The van der Waals surface area contributed by atoms with E-state index < -0.39 is 22.5 Å². The van der Waals surface area contributed by atoms with Gasteiger partial charge in [0.15, 0.2) is 0 Å². The molecule has 3 rings (SSSR count). The lowest BCUT2D eigenvalue weighted by Crippen LogP contribution is -2.42. The second-order valence-corrected chi connectivity index (χ2v) is 8.52. The molecule has 8 heteroatoms. The van der Waals surface area contributed by atoms with Crippen LogP contribution in [0.25, 0.3) is 0 Å². The predicted octanol–water partition coefficient (Wildman–Crippen LogP) is 1.61. The summed E-state index contributed by atoms with van der Waals surface area (Å²) in [5.41, 5.74) is 1.19. The van der Waals surface area contributed by atoms with E-state index in [2.05, 4.69) is 0 Å². The van der Waals surface area contributed by atoms with Crippen molar-refractivity contribution in [3.8, 4) is 0 Å². The van der Waals surface area contributed by atoms with Gasteiger partial charge < -0.3 is 10.0 Å². The van der Waals surface area contributed by atoms with Crippen LogP contribution in [0.1, 0.15) is 38.2 Å². The maximum absolute atomic E-state index is 13.0. The summed E-state index contributed by atoms with van der Waals surface area (Å²) in [6, 6.07) is 4.59. The third-order valence-electron chi connectivity index (χ3n) is 4.89. The Bertz CT molecular complexity index is 805. The van der Waals surface area contributed by atoms with Crippen LogP contribution in [0.3, 0.4) is 0 Å². The van der Waals surface area contributed by atoms with Gasteiger partial charge in [-0.2, -0.15) is 4.31 Å². The zero-order chi connectivity index (χ0) is 18.2. The molecule has 25 heavy (non-hydrogen) atoms. The lowest BCUT2D eigenvalue weighted by molar-refractivity contribution is -0.136. The lowest BCUT2D eigenvalue weighted by atomic mass is 10.0. The van der Waals surface area contributed by atoms with Gasteiger partial charge in [0.2, 0.25) is 15.9 Å². The molecule has 136 valence electrons. The van der Waals surface area contributed by atoms with Crippen molar-refractivity contribution in [2.45, 2.75) is 50.0 Å². The third-order valence-corrected chi connectivity index (χ3v) is 6.90. The molecule has 1 amide bonds. The van der Waals surface area contributed by atoms with E-state index in [-0.39, 0.29) is 23.3 Å². The van der Waals surface area contributed by atoms with Crippen molar-refractivity contribution in [1.29, 1.82) is 0 Å². The summed E-state index contributed by atoms with van der Waals surface area (Å²) >= 11 is 0. The van der Waals surface area contributed by atoms with Crippen molar-refractivity contribution in [2.24, 2.45) is 0 Å². The predicted molar refractivity (Wildman–Crippen MR) is 92.0 cm³/mol. The number of hydrogen-bond acceptors (Lipinski definition) is 4. The Kier molecular flexibility index (Phi) is 4.83. The highest BCUT2D eigenvalue weighted by molar-refractivity contribution is 7.89. The number of fused-ring (bicyclic) bond motifs is 1. The zero-order valence-corrected chi connectivity index (χ0v) is 15.0. The van der Waals surface area contributed by atoms with E-state index in [1.165, 1.54) is 11.0 Å². The number of rotatable bonds is 4. The molecular formula is C17H22N2O5S. The van der Waals surface area contributed by atoms with Crippen LogP contribution in [0.2, 0.25) is 0 Å².